The van der Waals surface area contributed by atoms with E-state index in [1.54, 1.807) is 12.5 Å². The van der Waals surface area contributed by atoms with Crippen molar-refractivity contribution in [2.24, 2.45) is 0 Å². The summed E-state index contributed by atoms with van der Waals surface area (Å²) in [4.78, 5) is 4.04. The van der Waals surface area contributed by atoms with Crippen LogP contribution in [0.4, 0.5) is 0 Å². The number of nitriles is 1. The zero-order chi connectivity index (χ0) is 10.6. The zero-order valence-corrected chi connectivity index (χ0v) is 8.86. The Morgan fingerprint density at radius 3 is 2.86 bits per heavy atom. The highest BCUT2D eigenvalue weighted by Gasteiger charge is 2.14. The van der Waals surface area contributed by atoms with Crippen LogP contribution in [-0.2, 0) is 6.54 Å². The highest BCUT2D eigenvalue weighted by Crippen LogP contribution is 2.12. The largest absolute Gasteiger partial charge is 0.333 e. The average molecular weight is 192 g/mol. The van der Waals surface area contributed by atoms with Gasteiger partial charge in [-0.1, -0.05) is 0 Å². The van der Waals surface area contributed by atoms with Gasteiger partial charge in [0.25, 0.3) is 0 Å². The third-order valence-corrected chi connectivity index (χ3v) is 2.01. The molecule has 1 unspecified atom stereocenters. The SMILES string of the molecule is CCn1cncc1C(C#N)NC(C)C. The molecule has 0 fully saturated rings. The summed E-state index contributed by atoms with van der Waals surface area (Å²) in [5.41, 5.74) is 0.934. The lowest BCUT2D eigenvalue weighted by Crippen LogP contribution is -2.28. The van der Waals surface area contributed by atoms with E-state index < -0.39 is 0 Å². The maximum absolute atomic E-state index is 9.01. The van der Waals surface area contributed by atoms with Crippen LogP contribution in [0.1, 0.15) is 32.5 Å². The molecule has 0 aromatic carbocycles. The number of aryl methyl sites for hydroxylation is 1. The Morgan fingerprint density at radius 2 is 2.36 bits per heavy atom. The van der Waals surface area contributed by atoms with Gasteiger partial charge < -0.3 is 4.57 Å². The first kappa shape index (κ1) is 10.7. The van der Waals surface area contributed by atoms with Crippen LogP contribution < -0.4 is 5.32 Å². The highest BCUT2D eigenvalue weighted by molar-refractivity contribution is 5.14. The van der Waals surface area contributed by atoms with Gasteiger partial charge in [0.05, 0.1) is 24.3 Å². The van der Waals surface area contributed by atoms with Crippen molar-refractivity contribution in [1.82, 2.24) is 14.9 Å². The molecule has 1 heterocycles. The summed E-state index contributed by atoms with van der Waals surface area (Å²) >= 11 is 0. The third-order valence-electron chi connectivity index (χ3n) is 2.01. The summed E-state index contributed by atoms with van der Waals surface area (Å²) < 4.78 is 1.98. The van der Waals surface area contributed by atoms with Gasteiger partial charge in [0.2, 0.25) is 0 Å². The molecule has 76 valence electrons. The van der Waals surface area contributed by atoms with Crippen LogP contribution in [0.5, 0.6) is 0 Å². The number of aromatic nitrogens is 2. The summed E-state index contributed by atoms with van der Waals surface area (Å²) in [5.74, 6) is 0. The molecule has 1 aromatic rings. The quantitative estimate of drug-likeness (QED) is 0.785. The zero-order valence-electron chi connectivity index (χ0n) is 8.86. The fourth-order valence-electron chi connectivity index (χ4n) is 1.36. The molecule has 0 aliphatic rings. The molecular weight excluding hydrogens is 176 g/mol. The Kier molecular flexibility index (Phi) is 3.66. The van der Waals surface area contributed by atoms with Crippen molar-refractivity contribution >= 4 is 0 Å². The Labute approximate surface area is 84.6 Å². The standard InChI is InChI=1S/C10H16N4/c1-4-14-7-12-6-10(14)9(5-11)13-8(2)3/h6-9,13H,4H2,1-3H3. The van der Waals surface area contributed by atoms with Crippen molar-refractivity contribution in [3.05, 3.63) is 18.2 Å². The monoisotopic (exact) mass is 192 g/mol. The summed E-state index contributed by atoms with van der Waals surface area (Å²) in [6.07, 6.45) is 3.49. The first-order valence-electron chi connectivity index (χ1n) is 4.84. The van der Waals surface area contributed by atoms with Crippen LogP contribution in [0, 0.1) is 11.3 Å². The van der Waals surface area contributed by atoms with Crippen molar-refractivity contribution in [1.29, 1.82) is 5.26 Å². The van der Waals surface area contributed by atoms with Crippen molar-refractivity contribution < 1.29 is 0 Å². The van der Waals surface area contributed by atoms with Crippen LogP contribution in [0.25, 0.3) is 0 Å². The second-order valence-corrected chi connectivity index (χ2v) is 3.49. The second kappa shape index (κ2) is 4.77. The van der Waals surface area contributed by atoms with E-state index in [2.05, 4.69) is 16.4 Å². The third kappa shape index (κ3) is 2.33. The van der Waals surface area contributed by atoms with Gasteiger partial charge in [-0.15, -0.1) is 0 Å². The summed E-state index contributed by atoms with van der Waals surface area (Å²) in [5, 5.41) is 12.2. The normalized spacial score (nSPS) is 12.8. The van der Waals surface area contributed by atoms with Gasteiger partial charge in [-0.2, -0.15) is 5.26 Å². The molecule has 0 aliphatic heterocycles. The van der Waals surface area contributed by atoms with E-state index in [4.69, 9.17) is 5.26 Å². The molecule has 4 heteroatoms. The summed E-state index contributed by atoms with van der Waals surface area (Å²) in [7, 11) is 0. The number of nitrogens with zero attached hydrogens (tertiary/aromatic N) is 3. The molecule has 1 rings (SSSR count). The minimum atomic E-state index is -0.266. The van der Waals surface area contributed by atoms with Crippen molar-refractivity contribution in [3.8, 4) is 6.07 Å². The van der Waals surface area contributed by atoms with E-state index in [-0.39, 0.29) is 6.04 Å². The maximum atomic E-state index is 9.01. The molecule has 14 heavy (non-hydrogen) atoms. The minimum absolute atomic E-state index is 0.266. The number of rotatable bonds is 4. The molecule has 1 aromatic heterocycles. The van der Waals surface area contributed by atoms with Crippen molar-refractivity contribution in [2.75, 3.05) is 0 Å². The molecule has 1 atom stereocenters. The van der Waals surface area contributed by atoms with Crippen LogP contribution in [0.3, 0.4) is 0 Å². The highest BCUT2D eigenvalue weighted by atomic mass is 15.1. The molecule has 0 bridgehead atoms. The van der Waals surface area contributed by atoms with Gasteiger partial charge in [0.1, 0.15) is 6.04 Å². The molecule has 0 saturated heterocycles. The van der Waals surface area contributed by atoms with Crippen LogP contribution in [-0.4, -0.2) is 15.6 Å². The van der Waals surface area contributed by atoms with Gasteiger partial charge in [-0.3, -0.25) is 5.32 Å². The Bertz CT molecular complexity index is 321. The van der Waals surface area contributed by atoms with E-state index >= 15 is 0 Å². The Morgan fingerprint density at radius 1 is 1.64 bits per heavy atom. The fourth-order valence-corrected chi connectivity index (χ4v) is 1.36. The van der Waals surface area contributed by atoms with Crippen LogP contribution in [0.15, 0.2) is 12.5 Å². The smallest absolute Gasteiger partial charge is 0.138 e. The van der Waals surface area contributed by atoms with Gasteiger partial charge >= 0.3 is 0 Å². The van der Waals surface area contributed by atoms with E-state index in [0.717, 1.165) is 12.2 Å². The fraction of sp³-hybridized carbons (Fsp3) is 0.600. The predicted molar refractivity (Wildman–Crippen MR) is 54.5 cm³/mol. The molecular formula is C10H16N4. The molecule has 0 aliphatic carbocycles. The number of imidazole rings is 1. The second-order valence-electron chi connectivity index (χ2n) is 3.49. The molecule has 0 saturated carbocycles. The van der Waals surface area contributed by atoms with Crippen molar-refractivity contribution in [3.63, 3.8) is 0 Å². The maximum Gasteiger partial charge on any atom is 0.138 e. The predicted octanol–water partition coefficient (Wildman–Crippen LogP) is 1.47. The lowest BCUT2D eigenvalue weighted by atomic mass is 10.2. The lowest BCUT2D eigenvalue weighted by Gasteiger charge is -2.15. The molecule has 4 nitrogen and oxygen atoms in total. The van der Waals surface area contributed by atoms with E-state index in [1.165, 1.54) is 0 Å². The molecule has 0 amide bonds. The number of hydrogen-bond acceptors (Lipinski definition) is 3. The van der Waals surface area contributed by atoms with E-state index in [9.17, 15) is 0 Å². The Balaban J connectivity index is 2.84. The molecule has 1 N–H and O–H groups in total. The van der Waals surface area contributed by atoms with Crippen LogP contribution >= 0.6 is 0 Å². The minimum Gasteiger partial charge on any atom is -0.333 e. The Hall–Kier alpha value is -1.34. The lowest BCUT2D eigenvalue weighted by molar-refractivity contribution is 0.519. The average Bonchev–Trinajstić information content (AvgIpc) is 2.61. The van der Waals surface area contributed by atoms with Gasteiger partial charge in [-0.25, -0.2) is 4.98 Å². The first-order valence-corrected chi connectivity index (χ1v) is 4.84. The molecule has 0 radical (unpaired) electrons. The first-order chi connectivity index (χ1) is 6.69. The summed E-state index contributed by atoms with van der Waals surface area (Å²) in [6.45, 7) is 6.93. The van der Waals surface area contributed by atoms with Gasteiger partial charge in [-0.05, 0) is 20.8 Å². The van der Waals surface area contributed by atoms with E-state index in [0.29, 0.717) is 6.04 Å². The van der Waals surface area contributed by atoms with E-state index in [1.807, 2.05) is 25.3 Å². The summed E-state index contributed by atoms with van der Waals surface area (Å²) in [6, 6.07) is 2.26. The topological polar surface area (TPSA) is 53.6 Å². The number of hydrogen-bond donors (Lipinski definition) is 1. The molecule has 0 spiro atoms. The number of nitrogens with one attached hydrogen (secondary N) is 1. The van der Waals surface area contributed by atoms with Crippen molar-refractivity contribution in [2.45, 2.75) is 39.4 Å². The van der Waals surface area contributed by atoms with Crippen LogP contribution in [0.2, 0.25) is 0 Å². The van der Waals surface area contributed by atoms with Gasteiger partial charge in [0, 0.05) is 12.6 Å². The van der Waals surface area contributed by atoms with Gasteiger partial charge in [0.15, 0.2) is 0 Å².